The van der Waals surface area contributed by atoms with Crippen LogP contribution >= 0.6 is 0 Å². The van der Waals surface area contributed by atoms with Gasteiger partial charge in [-0.3, -0.25) is 9.59 Å². The first-order valence-electron chi connectivity index (χ1n) is 9.26. The molecular weight excluding hydrogens is 332 g/mol. The number of anilines is 1. The van der Waals surface area contributed by atoms with Crippen molar-refractivity contribution in [2.45, 2.75) is 57.9 Å². The van der Waals surface area contributed by atoms with Gasteiger partial charge >= 0.3 is 5.97 Å². The Hall–Kier alpha value is -2.37. The summed E-state index contributed by atoms with van der Waals surface area (Å²) in [6, 6.07) is 5.78. The molecule has 6 nitrogen and oxygen atoms in total. The first-order chi connectivity index (χ1) is 12.3. The van der Waals surface area contributed by atoms with Gasteiger partial charge in [-0.05, 0) is 43.9 Å². The van der Waals surface area contributed by atoms with Crippen molar-refractivity contribution in [2.24, 2.45) is 5.92 Å². The third kappa shape index (κ3) is 3.32. The maximum atomic E-state index is 12.7. The maximum Gasteiger partial charge on any atom is 0.329 e. The molecule has 26 heavy (non-hydrogen) atoms. The van der Waals surface area contributed by atoms with Crippen LogP contribution in [0.3, 0.4) is 0 Å². The molecule has 1 aliphatic heterocycles. The summed E-state index contributed by atoms with van der Waals surface area (Å²) in [5, 5.41) is 12.4. The fraction of sp³-hybridized carbons (Fsp3) is 0.550. The van der Waals surface area contributed by atoms with Gasteiger partial charge in [0.15, 0.2) is 0 Å². The van der Waals surface area contributed by atoms with Gasteiger partial charge in [-0.2, -0.15) is 0 Å². The summed E-state index contributed by atoms with van der Waals surface area (Å²) in [7, 11) is 0. The minimum absolute atomic E-state index is 0.0909. The highest BCUT2D eigenvalue weighted by atomic mass is 16.4. The summed E-state index contributed by atoms with van der Waals surface area (Å²) in [6.45, 7) is 4.25. The molecule has 1 unspecified atom stereocenters. The Balaban J connectivity index is 1.74. The zero-order chi connectivity index (χ0) is 18.9. The summed E-state index contributed by atoms with van der Waals surface area (Å²) >= 11 is 0. The summed E-state index contributed by atoms with van der Waals surface area (Å²) in [4.78, 5) is 38.7. The van der Waals surface area contributed by atoms with Crippen LogP contribution in [0.1, 0.15) is 49.7 Å². The Kier molecular flexibility index (Phi) is 5.03. The molecule has 6 heteroatoms. The van der Waals surface area contributed by atoms with E-state index in [0.717, 1.165) is 36.1 Å². The number of rotatable bonds is 4. The van der Waals surface area contributed by atoms with E-state index in [9.17, 15) is 19.5 Å². The molecule has 1 saturated heterocycles. The predicted octanol–water partition coefficient (Wildman–Crippen LogP) is 2.56. The molecule has 2 fully saturated rings. The minimum Gasteiger partial charge on any atom is -0.480 e. The molecule has 0 radical (unpaired) electrons. The van der Waals surface area contributed by atoms with Gasteiger partial charge in [0.2, 0.25) is 11.8 Å². The van der Waals surface area contributed by atoms with Crippen molar-refractivity contribution in [3.8, 4) is 0 Å². The molecular formula is C20H26N2O4. The van der Waals surface area contributed by atoms with Crippen molar-refractivity contribution in [2.75, 3.05) is 11.4 Å². The zero-order valence-corrected chi connectivity index (χ0v) is 15.4. The van der Waals surface area contributed by atoms with Crippen molar-refractivity contribution in [1.29, 1.82) is 0 Å². The van der Waals surface area contributed by atoms with E-state index in [1.54, 1.807) is 4.90 Å². The molecule has 1 aromatic rings. The number of carbonyl (C=O) groups excluding carboxylic acids is 2. The van der Waals surface area contributed by atoms with Gasteiger partial charge in [0.1, 0.15) is 5.54 Å². The molecule has 0 aromatic heterocycles. The number of carboxylic acids is 1. The number of carbonyl (C=O) groups is 3. The third-order valence-corrected chi connectivity index (χ3v) is 5.84. The second-order valence-electron chi connectivity index (χ2n) is 7.56. The Morgan fingerprint density at radius 2 is 1.88 bits per heavy atom. The van der Waals surface area contributed by atoms with Crippen LogP contribution in [-0.2, 0) is 14.4 Å². The minimum atomic E-state index is -1.18. The van der Waals surface area contributed by atoms with Gasteiger partial charge in [-0.1, -0.05) is 31.4 Å². The van der Waals surface area contributed by atoms with Gasteiger partial charge in [0.25, 0.3) is 0 Å². The lowest BCUT2D eigenvalue weighted by Gasteiger charge is -2.34. The lowest BCUT2D eigenvalue weighted by molar-refractivity contribution is -0.149. The van der Waals surface area contributed by atoms with E-state index in [-0.39, 0.29) is 18.2 Å². The summed E-state index contributed by atoms with van der Waals surface area (Å²) in [5.74, 6) is -1.90. The fourth-order valence-electron chi connectivity index (χ4n) is 4.03. The first-order valence-corrected chi connectivity index (χ1v) is 9.26. The summed E-state index contributed by atoms with van der Waals surface area (Å²) in [5.41, 5.74) is 1.77. The average Bonchev–Trinajstić information content (AvgIpc) is 3.00. The second-order valence-corrected chi connectivity index (χ2v) is 7.56. The van der Waals surface area contributed by atoms with E-state index in [2.05, 4.69) is 5.32 Å². The van der Waals surface area contributed by atoms with Gasteiger partial charge in [-0.25, -0.2) is 4.79 Å². The molecule has 2 N–H and O–H groups in total. The van der Waals surface area contributed by atoms with Crippen LogP contribution in [0.15, 0.2) is 18.2 Å². The monoisotopic (exact) mass is 358 g/mol. The highest BCUT2D eigenvalue weighted by Crippen LogP contribution is 2.32. The van der Waals surface area contributed by atoms with E-state index in [4.69, 9.17) is 0 Å². The average molecular weight is 358 g/mol. The molecule has 1 saturated carbocycles. The Morgan fingerprint density at radius 3 is 2.54 bits per heavy atom. The molecule has 140 valence electrons. The van der Waals surface area contributed by atoms with Gasteiger partial charge in [-0.15, -0.1) is 0 Å². The van der Waals surface area contributed by atoms with Crippen LogP contribution in [-0.4, -0.2) is 35.0 Å². The third-order valence-electron chi connectivity index (χ3n) is 5.84. The van der Waals surface area contributed by atoms with Crippen LogP contribution < -0.4 is 10.2 Å². The quantitative estimate of drug-likeness (QED) is 0.866. The van der Waals surface area contributed by atoms with Gasteiger partial charge < -0.3 is 15.3 Å². The standard InChI is InChI=1S/C20H26N2O4/c1-13-7-6-8-16(14(13)2)22-12-15(11-17(22)23)18(24)21-20(19(25)26)9-4-3-5-10-20/h6-8,15H,3-5,9-12H2,1-2H3,(H,21,24)(H,25,26). The number of carboxylic acid groups (broad SMARTS) is 1. The largest absolute Gasteiger partial charge is 0.480 e. The lowest BCUT2D eigenvalue weighted by Crippen LogP contribution is -2.57. The van der Waals surface area contributed by atoms with Crippen molar-refractivity contribution in [3.05, 3.63) is 29.3 Å². The second kappa shape index (κ2) is 7.09. The Bertz CT molecular complexity index is 737. The molecule has 1 aliphatic carbocycles. The van der Waals surface area contributed by atoms with E-state index in [0.29, 0.717) is 19.4 Å². The van der Waals surface area contributed by atoms with Crippen LogP contribution in [0.25, 0.3) is 0 Å². The molecule has 0 spiro atoms. The first kappa shape index (κ1) is 18.4. The normalized spacial score (nSPS) is 22.3. The van der Waals surface area contributed by atoms with Crippen molar-refractivity contribution in [1.82, 2.24) is 5.32 Å². The number of aliphatic carboxylic acids is 1. The highest BCUT2D eigenvalue weighted by Gasteiger charge is 2.44. The molecule has 1 aromatic carbocycles. The summed E-state index contributed by atoms with van der Waals surface area (Å²) < 4.78 is 0. The number of amides is 2. The Labute approximate surface area is 153 Å². The number of nitrogens with one attached hydrogen (secondary N) is 1. The topological polar surface area (TPSA) is 86.7 Å². The van der Waals surface area contributed by atoms with Crippen molar-refractivity contribution < 1.29 is 19.5 Å². The van der Waals surface area contributed by atoms with Crippen LogP contribution in [0.5, 0.6) is 0 Å². The van der Waals surface area contributed by atoms with Gasteiger partial charge in [0.05, 0.1) is 5.92 Å². The number of hydrogen-bond donors (Lipinski definition) is 2. The van der Waals surface area contributed by atoms with Crippen LogP contribution in [0.4, 0.5) is 5.69 Å². The molecule has 1 heterocycles. The number of nitrogens with zero attached hydrogens (tertiary/aromatic N) is 1. The summed E-state index contributed by atoms with van der Waals surface area (Å²) in [6.07, 6.45) is 3.61. The predicted molar refractivity (Wildman–Crippen MR) is 98.0 cm³/mol. The van der Waals surface area contributed by atoms with Crippen molar-refractivity contribution in [3.63, 3.8) is 0 Å². The lowest BCUT2D eigenvalue weighted by atomic mass is 9.81. The van der Waals surface area contributed by atoms with E-state index in [1.165, 1.54) is 0 Å². The molecule has 3 rings (SSSR count). The van der Waals surface area contributed by atoms with Crippen LogP contribution in [0, 0.1) is 19.8 Å². The maximum absolute atomic E-state index is 12.7. The van der Waals surface area contributed by atoms with Crippen LogP contribution in [0.2, 0.25) is 0 Å². The van der Waals surface area contributed by atoms with E-state index in [1.807, 2.05) is 32.0 Å². The van der Waals surface area contributed by atoms with Gasteiger partial charge in [0, 0.05) is 18.7 Å². The smallest absolute Gasteiger partial charge is 0.329 e. The van der Waals surface area contributed by atoms with Crippen molar-refractivity contribution >= 4 is 23.5 Å². The van der Waals surface area contributed by atoms with E-state index >= 15 is 0 Å². The SMILES string of the molecule is Cc1cccc(N2CC(C(=O)NC3(C(=O)O)CCCCC3)CC2=O)c1C. The molecule has 2 amide bonds. The van der Waals surface area contributed by atoms with E-state index < -0.39 is 17.4 Å². The highest BCUT2D eigenvalue weighted by molar-refractivity contribution is 6.01. The zero-order valence-electron chi connectivity index (χ0n) is 15.4. The number of hydrogen-bond acceptors (Lipinski definition) is 3. The molecule has 2 aliphatic rings. The number of benzene rings is 1. The molecule has 1 atom stereocenters. The molecule has 0 bridgehead atoms. The fourth-order valence-corrected chi connectivity index (χ4v) is 4.03. The number of aryl methyl sites for hydroxylation is 1. The Morgan fingerprint density at radius 1 is 1.19 bits per heavy atom.